The zero-order chi connectivity index (χ0) is 19.7. The quantitative estimate of drug-likeness (QED) is 0.427. The third-order valence-corrected chi connectivity index (χ3v) is 7.45. The molecule has 1 fully saturated rings. The number of anilines is 1. The maximum Gasteiger partial charge on any atom is 0.185 e. The first-order valence-electron chi connectivity index (χ1n) is 9.17. The number of thiazole rings is 1. The second kappa shape index (κ2) is 8.43. The molecule has 0 spiro atoms. The van der Waals surface area contributed by atoms with Crippen LogP contribution in [0.1, 0.15) is 18.4 Å². The summed E-state index contributed by atoms with van der Waals surface area (Å²) in [5.41, 5.74) is 2.72. The van der Waals surface area contributed by atoms with Gasteiger partial charge in [-0.15, -0.1) is 11.3 Å². The minimum absolute atomic E-state index is 0.000815. The van der Waals surface area contributed by atoms with Crippen molar-refractivity contribution in [1.82, 2.24) is 4.98 Å². The average molecular weight is 524 g/mol. The molecule has 1 aliphatic heterocycles. The first-order valence-corrected chi connectivity index (χ1v) is 11.6. The number of halogens is 2. The van der Waals surface area contributed by atoms with Crippen molar-refractivity contribution in [3.63, 3.8) is 0 Å². The summed E-state index contributed by atoms with van der Waals surface area (Å²) in [7, 11) is 0. The summed E-state index contributed by atoms with van der Waals surface area (Å²) < 4.78 is 0.789. The molecule has 1 saturated heterocycles. The van der Waals surface area contributed by atoms with E-state index >= 15 is 0 Å². The highest BCUT2D eigenvalue weighted by atomic mass is 79.9. The predicted molar refractivity (Wildman–Crippen MR) is 121 cm³/mol. The normalized spacial score (nSPS) is 15.1. The topological polar surface area (TPSA) is 56.6 Å². The lowest BCUT2D eigenvalue weighted by Gasteiger charge is -2.31. The predicted octanol–water partition coefficient (Wildman–Crippen LogP) is 6.21. The zero-order valence-corrected chi connectivity index (χ0v) is 19.1. The van der Waals surface area contributed by atoms with Crippen molar-refractivity contribution in [2.45, 2.75) is 19.3 Å². The van der Waals surface area contributed by atoms with Crippen LogP contribution >= 0.6 is 43.2 Å². The van der Waals surface area contributed by atoms with Gasteiger partial charge in [-0.2, -0.15) is 0 Å². The fraction of sp³-hybridized carbons (Fsp3) is 0.286. The molecular weight excluding hydrogens is 504 g/mol. The fourth-order valence-corrected chi connectivity index (χ4v) is 5.60. The molecule has 3 aromatic rings. The van der Waals surface area contributed by atoms with E-state index in [1.165, 1.54) is 5.56 Å². The van der Waals surface area contributed by atoms with Gasteiger partial charge in [-0.1, -0.05) is 30.3 Å². The molecule has 0 atom stereocenters. The molecule has 0 bridgehead atoms. The number of phenols is 2. The van der Waals surface area contributed by atoms with E-state index in [4.69, 9.17) is 4.98 Å². The van der Waals surface area contributed by atoms with Crippen LogP contribution in [0.2, 0.25) is 0 Å². The van der Waals surface area contributed by atoms with Crippen molar-refractivity contribution in [3.8, 4) is 22.8 Å². The largest absolute Gasteiger partial charge is 0.506 e. The van der Waals surface area contributed by atoms with Gasteiger partial charge in [-0.25, -0.2) is 4.98 Å². The lowest BCUT2D eigenvalue weighted by molar-refractivity contribution is 0.403. The van der Waals surface area contributed by atoms with E-state index in [1.807, 2.05) is 5.38 Å². The van der Waals surface area contributed by atoms with E-state index in [-0.39, 0.29) is 16.0 Å². The van der Waals surface area contributed by atoms with Gasteiger partial charge in [0.2, 0.25) is 0 Å². The molecule has 4 nitrogen and oxygen atoms in total. The Hall–Kier alpha value is -1.57. The summed E-state index contributed by atoms with van der Waals surface area (Å²) in [5, 5.41) is 23.2. The molecule has 4 rings (SSSR count). The maximum atomic E-state index is 10.4. The van der Waals surface area contributed by atoms with E-state index < -0.39 is 0 Å². The molecule has 0 aliphatic carbocycles. The summed E-state index contributed by atoms with van der Waals surface area (Å²) in [4.78, 5) is 7.08. The minimum Gasteiger partial charge on any atom is -0.506 e. The standard InChI is InChI=1S/C21H20Br2N2O2S/c22-16-11-15(19(26)18(23)20(16)27)17-12-28-21(24-17)25-8-6-14(7-9-25)10-13-4-2-1-3-5-13/h1-5,11-12,14,26-27H,6-10H2. The molecule has 28 heavy (non-hydrogen) atoms. The number of aromatic hydroxyl groups is 2. The zero-order valence-electron chi connectivity index (χ0n) is 15.1. The lowest BCUT2D eigenvalue weighted by atomic mass is 9.90. The Bertz CT molecular complexity index is 970. The number of phenolic OH excluding ortho intramolecular Hbond substituents is 2. The summed E-state index contributed by atoms with van der Waals surface area (Å²) in [6.07, 6.45) is 3.46. The highest BCUT2D eigenvalue weighted by molar-refractivity contribution is 9.11. The molecule has 2 aromatic carbocycles. The number of hydrogen-bond acceptors (Lipinski definition) is 5. The van der Waals surface area contributed by atoms with Crippen molar-refractivity contribution in [1.29, 1.82) is 0 Å². The van der Waals surface area contributed by atoms with Crippen LogP contribution in [0.3, 0.4) is 0 Å². The van der Waals surface area contributed by atoms with Gasteiger partial charge in [-0.05, 0) is 68.7 Å². The number of aromatic nitrogens is 1. The third-order valence-electron chi connectivity index (χ3n) is 5.19. The molecule has 0 saturated carbocycles. The summed E-state index contributed by atoms with van der Waals surface area (Å²) in [6, 6.07) is 12.4. The van der Waals surface area contributed by atoms with Gasteiger partial charge in [0, 0.05) is 24.0 Å². The van der Waals surface area contributed by atoms with Gasteiger partial charge < -0.3 is 15.1 Å². The van der Waals surface area contributed by atoms with Gasteiger partial charge in [0.1, 0.15) is 16.0 Å². The van der Waals surface area contributed by atoms with Gasteiger partial charge in [-0.3, -0.25) is 0 Å². The number of piperidine rings is 1. The highest BCUT2D eigenvalue weighted by Crippen LogP contribution is 2.45. The number of hydrogen-bond donors (Lipinski definition) is 2. The molecule has 1 aromatic heterocycles. The van der Waals surface area contributed by atoms with E-state index in [0.717, 1.165) is 37.5 Å². The van der Waals surface area contributed by atoms with Crippen LogP contribution in [0, 0.1) is 5.92 Å². The first kappa shape index (κ1) is 19.7. The van der Waals surface area contributed by atoms with Gasteiger partial charge in [0.25, 0.3) is 0 Å². The van der Waals surface area contributed by atoms with Crippen LogP contribution in [0.4, 0.5) is 5.13 Å². The second-order valence-electron chi connectivity index (χ2n) is 7.05. The fourth-order valence-electron chi connectivity index (χ4n) is 3.60. The molecule has 7 heteroatoms. The van der Waals surface area contributed by atoms with Crippen LogP contribution in [0.25, 0.3) is 11.3 Å². The van der Waals surface area contributed by atoms with Gasteiger partial charge >= 0.3 is 0 Å². The molecule has 0 unspecified atom stereocenters. The van der Waals surface area contributed by atoms with Crippen LogP contribution < -0.4 is 4.90 Å². The molecule has 2 heterocycles. The Morgan fingerprint density at radius 1 is 1.07 bits per heavy atom. The maximum absolute atomic E-state index is 10.4. The van der Waals surface area contributed by atoms with Crippen LogP contribution in [0.5, 0.6) is 11.5 Å². The summed E-state index contributed by atoms with van der Waals surface area (Å²) in [5.74, 6) is 0.697. The SMILES string of the molecule is Oc1c(Br)cc(-c2csc(N3CCC(Cc4ccccc4)CC3)n2)c(O)c1Br. The highest BCUT2D eigenvalue weighted by Gasteiger charge is 2.23. The molecule has 0 amide bonds. The van der Waals surface area contributed by atoms with Crippen LogP contribution in [0.15, 0.2) is 50.7 Å². The molecule has 1 aliphatic rings. The van der Waals surface area contributed by atoms with Crippen LogP contribution in [-0.4, -0.2) is 28.3 Å². The first-order chi connectivity index (χ1) is 13.5. The summed E-state index contributed by atoms with van der Waals surface area (Å²) >= 11 is 8.14. The van der Waals surface area contributed by atoms with E-state index in [9.17, 15) is 10.2 Å². The van der Waals surface area contributed by atoms with E-state index in [0.29, 0.717) is 21.6 Å². The second-order valence-corrected chi connectivity index (χ2v) is 9.54. The number of benzene rings is 2. The Morgan fingerprint density at radius 3 is 2.50 bits per heavy atom. The molecular formula is C21H20Br2N2O2S. The smallest absolute Gasteiger partial charge is 0.185 e. The van der Waals surface area contributed by atoms with Crippen molar-refractivity contribution >= 4 is 48.3 Å². The van der Waals surface area contributed by atoms with Crippen molar-refractivity contribution in [3.05, 3.63) is 56.3 Å². The van der Waals surface area contributed by atoms with Crippen molar-refractivity contribution in [2.24, 2.45) is 5.92 Å². The Balaban J connectivity index is 1.45. The monoisotopic (exact) mass is 522 g/mol. The Labute approximate surface area is 185 Å². The Morgan fingerprint density at radius 2 is 1.79 bits per heavy atom. The van der Waals surface area contributed by atoms with Gasteiger partial charge in [0.15, 0.2) is 5.13 Å². The molecule has 2 N–H and O–H groups in total. The Kier molecular flexibility index (Phi) is 5.94. The number of rotatable bonds is 4. The summed E-state index contributed by atoms with van der Waals surface area (Å²) in [6.45, 7) is 2.00. The average Bonchev–Trinajstić information content (AvgIpc) is 3.20. The van der Waals surface area contributed by atoms with E-state index in [1.54, 1.807) is 17.4 Å². The van der Waals surface area contributed by atoms with Gasteiger partial charge in [0.05, 0.1) is 10.2 Å². The number of nitrogens with zero attached hydrogens (tertiary/aromatic N) is 2. The molecule has 146 valence electrons. The van der Waals surface area contributed by atoms with Crippen molar-refractivity contribution in [2.75, 3.05) is 18.0 Å². The molecule has 0 radical (unpaired) electrons. The lowest BCUT2D eigenvalue weighted by Crippen LogP contribution is -2.34. The van der Waals surface area contributed by atoms with Crippen LogP contribution in [-0.2, 0) is 6.42 Å². The van der Waals surface area contributed by atoms with Crippen molar-refractivity contribution < 1.29 is 10.2 Å². The minimum atomic E-state index is -0.0165. The van der Waals surface area contributed by atoms with E-state index in [2.05, 4.69) is 67.1 Å². The third kappa shape index (κ3) is 4.07.